The van der Waals surface area contributed by atoms with Gasteiger partial charge in [0.1, 0.15) is 5.01 Å². The average molecular weight is 389 g/mol. The first-order valence-electron chi connectivity index (χ1n) is 10.2. The summed E-state index contributed by atoms with van der Waals surface area (Å²) >= 11 is 1.66. The number of fused-ring (bicyclic) bond motifs is 2. The summed E-state index contributed by atoms with van der Waals surface area (Å²) in [6.07, 6.45) is 6.56. The lowest BCUT2D eigenvalue weighted by atomic mass is 9.85. The molecule has 1 aliphatic carbocycles. The van der Waals surface area contributed by atoms with E-state index in [0.29, 0.717) is 6.42 Å². The topological polar surface area (TPSA) is 33.2 Å². The molecule has 3 aromatic rings. The first-order valence-corrected chi connectivity index (χ1v) is 11.0. The largest absolute Gasteiger partial charge is 0.333 e. The van der Waals surface area contributed by atoms with Crippen LogP contribution in [0.1, 0.15) is 58.5 Å². The van der Waals surface area contributed by atoms with Crippen LogP contribution in [0, 0.1) is 0 Å². The van der Waals surface area contributed by atoms with Crippen LogP contribution in [-0.2, 0) is 17.6 Å². The van der Waals surface area contributed by atoms with E-state index in [1.807, 2.05) is 11.6 Å². The number of nitrogens with zero attached hydrogens (tertiary/aromatic N) is 2. The Labute approximate surface area is 170 Å². The maximum absolute atomic E-state index is 13.5. The minimum absolute atomic E-state index is 0.139. The Morgan fingerprint density at radius 2 is 1.71 bits per heavy atom. The number of aryl methyl sites for hydroxylation is 2. The fraction of sp³-hybridized carbons (Fsp3) is 0.333. The van der Waals surface area contributed by atoms with E-state index in [1.165, 1.54) is 22.3 Å². The highest BCUT2D eigenvalue weighted by Crippen LogP contribution is 2.39. The van der Waals surface area contributed by atoms with Crippen molar-refractivity contribution in [3.05, 3.63) is 87.4 Å². The van der Waals surface area contributed by atoms with Crippen LogP contribution >= 0.6 is 11.3 Å². The lowest BCUT2D eigenvalue weighted by Gasteiger charge is -2.27. The second kappa shape index (κ2) is 7.51. The zero-order valence-electron chi connectivity index (χ0n) is 15.9. The first kappa shape index (κ1) is 17.6. The van der Waals surface area contributed by atoms with Gasteiger partial charge in [0, 0.05) is 30.5 Å². The maximum Gasteiger partial charge on any atom is 0.224 e. The predicted molar refractivity (Wildman–Crippen MR) is 113 cm³/mol. The summed E-state index contributed by atoms with van der Waals surface area (Å²) in [6.45, 7) is 0.846. The molecular weight excluding hydrogens is 364 g/mol. The molecule has 2 aromatic carbocycles. The molecule has 1 amide bonds. The Bertz CT molecular complexity index is 934. The Hall–Kier alpha value is -2.46. The molecule has 1 aromatic heterocycles. The van der Waals surface area contributed by atoms with Gasteiger partial charge >= 0.3 is 0 Å². The van der Waals surface area contributed by atoms with Crippen LogP contribution in [0.25, 0.3) is 0 Å². The van der Waals surface area contributed by atoms with Crippen molar-refractivity contribution in [2.45, 2.75) is 44.1 Å². The van der Waals surface area contributed by atoms with Crippen LogP contribution in [0.4, 0.5) is 0 Å². The van der Waals surface area contributed by atoms with Gasteiger partial charge in [0.2, 0.25) is 5.91 Å². The first-order chi connectivity index (χ1) is 13.8. The molecule has 2 aliphatic rings. The maximum atomic E-state index is 13.5. The van der Waals surface area contributed by atoms with Crippen LogP contribution in [0.2, 0.25) is 0 Å². The van der Waals surface area contributed by atoms with Gasteiger partial charge in [-0.2, -0.15) is 0 Å². The number of aromatic nitrogens is 1. The minimum Gasteiger partial charge on any atom is -0.333 e. The van der Waals surface area contributed by atoms with Gasteiger partial charge < -0.3 is 4.90 Å². The number of carbonyl (C=O) groups excluding carboxylic acids is 1. The van der Waals surface area contributed by atoms with Crippen molar-refractivity contribution in [1.29, 1.82) is 0 Å². The molecule has 1 fully saturated rings. The number of benzene rings is 2. The lowest BCUT2D eigenvalue weighted by molar-refractivity contribution is -0.132. The van der Waals surface area contributed by atoms with E-state index in [-0.39, 0.29) is 17.9 Å². The number of hydrogen-bond acceptors (Lipinski definition) is 3. The van der Waals surface area contributed by atoms with Gasteiger partial charge in [0.05, 0.1) is 6.04 Å². The van der Waals surface area contributed by atoms with E-state index >= 15 is 0 Å². The number of likely N-dealkylation sites (tertiary alicyclic amines) is 1. The van der Waals surface area contributed by atoms with Crippen molar-refractivity contribution in [3.8, 4) is 0 Å². The third kappa shape index (κ3) is 3.16. The van der Waals surface area contributed by atoms with Crippen LogP contribution in [0.15, 0.2) is 60.1 Å². The van der Waals surface area contributed by atoms with Crippen molar-refractivity contribution < 1.29 is 4.79 Å². The van der Waals surface area contributed by atoms with Crippen molar-refractivity contribution in [2.75, 3.05) is 6.54 Å². The van der Waals surface area contributed by atoms with E-state index in [4.69, 9.17) is 0 Å². The smallest absolute Gasteiger partial charge is 0.224 e. The Morgan fingerprint density at radius 1 is 1.04 bits per heavy atom. The summed E-state index contributed by atoms with van der Waals surface area (Å²) < 4.78 is 0. The zero-order valence-corrected chi connectivity index (χ0v) is 16.7. The fourth-order valence-electron chi connectivity index (χ4n) is 4.87. The van der Waals surface area contributed by atoms with E-state index in [0.717, 1.165) is 37.2 Å². The van der Waals surface area contributed by atoms with Crippen LogP contribution in [0.5, 0.6) is 0 Å². The van der Waals surface area contributed by atoms with Gasteiger partial charge in [-0.1, -0.05) is 48.5 Å². The van der Waals surface area contributed by atoms with E-state index in [1.54, 1.807) is 11.3 Å². The summed E-state index contributed by atoms with van der Waals surface area (Å²) in [5, 5.41) is 3.08. The molecule has 3 nitrogen and oxygen atoms in total. The second-order valence-corrected chi connectivity index (χ2v) is 8.70. The average Bonchev–Trinajstić information content (AvgIpc) is 3.40. The number of thiazole rings is 1. The summed E-state index contributed by atoms with van der Waals surface area (Å²) in [6, 6.07) is 17.5. The van der Waals surface area contributed by atoms with Crippen LogP contribution in [-0.4, -0.2) is 22.3 Å². The SMILES string of the molecule is O=C(CC1c2ccccc2CCc2ccccc21)N1CCCC1c1nccs1. The van der Waals surface area contributed by atoms with Crippen molar-refractivity contribution >= 4 is 17.2 Å². The number of carbonyl (C=O) groups is 1. The van der Waals surface area contributed by atoms with Crippen molar-refractivity contribution in [3.63, 3.8) is 0 Å². The monoisotopic (exact) mass is 388 g/mol. The van der Waals surface area contributed by atoms with E-state index in [2.05, 4.69) is 58.4 Å². The lowest BCUT2D eigenvalue weighted by Crippen LogP contribution is -2.31. The van der Waals surface area contributed by atoms with Crippen molar-refractivity contribution in [2.24, 2.45) is 0 Å². The highest BCUT2D eigenvalue weighted by molar-refractivity contribution is 7.09. The molecule has 142 valence electrons. The summed E-state index contributed by atoms with van der Waals surface area (Å²) in [5.41, 5.74) is 5.42. The number of rotatable bonds is 3. The molecule has 0 spiro atoms. The van der Waals surface area contributed by atoms with Gasteiger partial charge in [-0.3, -0.25) is 4.79 Å². The molecule has 28 heavy (non-hydrogen) atoms. The summed E-state index contributed by atoms with van der Waals surface area (Å²) in [7, 11) is 0. The molecular formula is C24H24N2OS. The van der Waals surface area contributed by atoms with Gasteiger partial charge in [-0.15, -0.1) is 11.3 Å². The molecule has 1 unspecified atom stereocenters. The number of amides is 1. The quantitative estimate of drug-likeness (QED) is 0.623. The molecule has 1 aliphatic heterocycles. The second-order valence-electron chi connectivity index (χ2n) is 7.77. The third-order valence-electron chi connectivity index (χ3n) is 6.21. The zero-order chi connectivity index (χ0) is 18.9. The molecule has 0 radical (unpaired) electrons. The Balaban J connectivity index is 1.48. The molecule has 1 atom stereocenters. The van der Waals surface area contributed by atoms with E-state index < -0.39 is 0 Å². The molecule has 2 heterocycles. The van der Waals surface area contributed by atoms with E-state index in [9.17, 15) is 4.79 Å². The summed E-state index contributed by atoms with van der Waals surface area (Å²) in [5.74, 6) is 0.397. The Kier molecular flexibility index (Phi) is 4.73. The molecule has 5 rings (SSSR count). The van der Waals surface area contributed by atoms with Gasteiger partial charge in [-0.05, 0) is 47.9 Å². The molecule has 0 saturated carbocycles. The van der Waals surface area contributed by atoms with Gasteiger partial charge in [-0.25, -0.2) is 4.98 Å². The molecule has 4 heteroatoms. The van der Waals surface area contributed by atoms with Crippen molar-refractivity contribution in [1.82, 2.24) is 9.88 Å². The molecule has 0 bridgehead atoms. The van der Waals surface area contributed by atoms with Gasteiger partial charge in [0.25, 0.3) is 0 Å². The van der Waals surface area contributed by atoms with Crippen LogP contribution in [0.3, 0.4) is 0 Å². The minimum atomic E-state index is 0.139. The normalized spacial score (nSPS) is 19.1. The molecule has 0 N–H and O–H groups in total. The van der Waals surface area contributed by atoms with Crippen LogP contribution < -0.4 is 0 Å². The highest BCUT2D eigenvalue weighted by atomic mass is 32.1. The predicted octanol–water partition coefficient (Wildman–Crippen LogP) is 5.13. The highest BCUT2D eigenvalue weighted by Gasteiger charge is 2.34. The fourth-order valence-corrected chi connectivity index (χ4v) is 5.66. The molecule has 1 saturated heterocycles. The third-order valence-corrected chi connectivity index (χ3v) is 7.09. The Morgan fingerprint density at radius 3 is 2.36 bits per heavy atom. The summed E-state index contributed by atoms with van der Waals surface area (Å²) in [4.78, 5) is 20.0. The number of hydrogen-bond donors (Lipinski definition) is 0. The van der Waals surface area contributed by atoms with Gasteiger partial charge in [0.15, 0.2) is 0 Å². The standard InChI is InChI=1S/C24H24N2OS/c27-23(26-14-5-10-22(26)24-25-13-15-28-24)16-21-19-8-3-1-6-17(19)11-12-18-7-2-4-9-20(18)21/h1-4,6-9,13,15,21-22H,5,10-12,14,16H2.